The van der Waals surface area contributed by atoms with Gasteiger partial charge in [0.25, 0.3) is 0 Å². The third-order valence-corrected chi connectivity index (χ3v) is 4.84. The maximum absolute atomic E-state index is 13.2. The van der Waals surface area contributed by atoms with E-state index in [0.29, 0.717) is 6.54 Å². The zero-order chi connectivity index (χ0) is 20.8. The Hall–Kier alpha value is -2.62. The third kappa shape index (κ3) is 5.95. The highest BCUT2D eigenvalue weighted by Gasteiger charge is 2.27. The minimum Gasteiger partial charge on any atom is -0.352 e. The van der Waals surface area contributed by atoms with Gasteiger partial charge in [-0.15, -0.1) is 0 Å². The van der Waals surface area contributed by atoms with Crippen molar-refractivity contribution >= 4 is 11.8 Å². The molecular formula is C24H32N2O2. The maximum atomic E-state index is 13.2. The summed E-state index contributed by atoms with van der Waals surface area (Å²) in [4.78, 5) is 27.6. The van der Waals surface area contributed by atoms with Crippen LogP contribution in [0.15, 0.2) is 42.5 Å². The fourth-order valence-electron chi connectivity index (χ4n) is 3.41. The zero-order valence-corrected chi connectivity index (χ0v) is 17.9. The molecule has 0 saturated heterocycles. The summed E-state index contributed by atoms with van der Waals surface area (Å²) < 4.78 is 0. The van der Waals surface area contributed by atoms with E-state index in [1.54, 1.807) is 11.8 Å². The summed E-state index contributed by atoms with van der Waals surface area (Å²) in [7, 11) is 0. The second-order valence-electron chi connectivity index (χ2n) is 7.96. The molecule has 4 heteroatoms. The van der Waals surface area contributed by atoms with Crippen LogP contribution >= 0.6 is 0 Å². The van der Waals surface area contributed by atoms with Gasteiger partial charge in [0.15, 0.2) is 0 Å². The lowest BCUT2D eigenvalue weighted by molar-refractivity contribution is -0.140. The summed E-state index contributed by atoms with van der Waals surface area (Å²) in [6.45, 7) is 12.2. The van der Waals surface area contributed by atoms with E-state index in [4.69, 9.17) is 0 Å². The lowest BCUT2D eigenvalue weighted by Gasteiger charge is -2.30. The minimum absolute atomic E-state index is 0.0322. The van der Waals surface area contributed by atoms with Gasteiger partial charge in [0.2, 0.25) is 11.8 Å². The van der Waals surface area contributed by atoms with E-state index in [-0.39, 0.29) is 24.3 Å². The first-order valence-electron chi connectivity index (χ1n) is 9.89. The van der Waals surface area contributed by atoms with Crippen molar-refractivity contribution in [2.45, 2.75) is 66.6 Å². The smallest absolute Gasteiger partial charge is 0.242 e. The van der Waals surface area contributed by atoms with Crippen molar-refractivity contribution in [1.82, 2.24) is 10.2 Å². The molecule has 0 aliphatic carbocycles. The number of aryl methyl sites for hydroxylation is 3. The molecule has 0 aromatic heterocycles. The highest BCUT2D eigenvalue weighted by atomic mass is 16.2. The molecule has 1 atom stereocenters. The van der Waals surface area contributed by atoms with Crippen LogP contribution in [-0.4, -0.2) is 28.8 Å². The molecule has 0 saturated carbocycles. The molecule has 2 aromatic carbocycles. The second-order valence-corrected chi connectivity index (χ2v) is 7.96. The Bertz CT molecular complexity index is 822. The first-order valence-corrected chi connectivity index (χ1v) is 9.89. The number of hydrogen-bond acceptors (Lipinski definition) is 2. The second kappa shape index (κ2) is 9.54. The number of amides is 2. The van der Waals surface area contributed by atoms with Crippen LogP contribution in [0.2, 0.25) is 0 Å². The van der Waals surface area contributed by atoms with Crippen molar-refractivity contribution in [2.75, 3.05) is 0 Å². The topological polar surface area (TPSA) is 49.4 Å². The van der Waals surface area contributed by atoms with Gasteiger partial charge in [-0.05, 0) is 58.2 Å². The van der Waals surface area contributed by atoms with Gasteiger partial charge in [0.05, 0.1) is 6.42 Å². The first kappa shape index (κ1) is 21.7. The molecule has 28 heavy (non-hydrogen) atoms. The number of hydrogen-bond donors (Lipinski definition) is 1. The molecule has 0 bridgehead atoms. The molecule has 0 spiro atoms. The SMILES string of the molecule is Cc1cc(C)cc(CC(=O)N(Cc2ccccc2C)[C@H](C)C(=O)NC(C)C)c1. The van der Waals surface area contributed by atoms with Crippen molar-refractivity contribution in [2.24, 2.45) is 0 Å². The number of carbonyl (C=O) groups excluding carboxylic acids is 2. The van der Waals surface area contributed by atoms with Gasteiger partial charge in [-0.1, -0.05) is 53.6 Å². The van der Waals surface area contributed by atoms with Crippen LogP contribution in [0.3, 0.4) is 0 Å². The van der Waals surface area contributed by atoms with E-state index in [9.17, 15) is 9.59 Å². The number of nitrogens with one attached hydrogen (secondary N) is 1. The summed E-state index contributed by atoms with van der Waals surface area (Å²) in [5, 5.41) is 2.93. The predicted molar refractivity (Wildman–Crippen MR) is 114 cm³/mol. The molecule has 0 aliphatic heterocycles. The number of benzene rings is 2. The number of carbonyl (C=O) groups is 2. The van der Waals surface area contributed by atoms with Crippen LogP contribution < -0.4 is 5.32 Å². The van der Waals surface area contributed by atoms with Crippen molar-refractivity contribution < 1.29 is 9.59 Å². The van der Waals surface area contributed by atoms with Crippen molar-refractivity contribution in [3.05, 3.63) is 70.3 Å². The Morgan fingerprint density at radius 2 is 1.57 bits per heavy atom. The Morgan fingerprint density at radius 3 is 2.14 bits per heavy atom. The molecule has 0 radical (unpaired) electrons. The highest BCUT2D eigenvalue weighted by molar-refractivity contribution is 5.88. The number of rotatable bonds is 7. The van der Waals surface area contributed by atoms with Crippen LogP contribution in [0.1, 0.15) is 48.6 Å². The predicted octanol–water partition coefficient (Wildman–Crippen LogP) is 4.10. The van der Waals surface area contributed by atoms with Gasteiger partial charge < -0.3 is 10.2 Å². The lowest BCUT2D eigenvalue weighted by atomic mass is 10.0. The fourth-order valence-corrected chi connectivity index (χ4v) is 3.41. The molecule has 0 heterocycles. The zero-order valence-electron chi connectivity index (χ0n) is 17.9. The molecule has 150 valence electrons. The Kier molecular flexibility index (Phi) is 7.38. The average Bonchev–Trinajstić information content (AvgIpc) is 2.58. The largest absolute Gasteiger partial charge is 0.352 e. The standard InChI is InChI=1S/C24H32N2O2/c1-16(2)25-24(28)20(6)26(15-22-10-8-7-9-19(22)5)23(27)14-21-12-17(3)11-18(4)13-21/h7-13,16,20H,14-15H2,1-6H3,(H,25,28)/t20-/m1/s1. The summed E-state index contributed by atoms with van der Waals surface area (Å²) in [6, 6.07) is 13.7. The lowest BCUT2D eigenvalue weighted by Crippen LogP contribution is -2.49. The van der Waals surface area contributed by atoms with Crippen LogP contribution in [0.5, 0.6) is 0 Å². The molecule has 0 unspecified atom stereocenters. The van der Waals surface area contributed by atoms with E-state index in [1.165, 1.54) is 0 Å². The van der Waals surface area contributed by atoms with Gasteiger partial charge in [-0.3, -0.25) is 9.59 Å². The Balaban J connectivity index is 2.29. The van der Waals surface area contributed by atoms with E-state index in [1.807, 2.05) is 71.0 Å². The van der Waals surface area contributed by atoms with E-state index in [2.05, 4.69) is 11.4 Å². The third-order valence-electron chi connectivity index (χ3n) is 4.84. The van der Waals surface area contributed by atoms with E-state index in [0.717, 1.165) is 27.8 Å². The Labute approximate surface area is 169 Å². The molecule has 1 N–H and O–H groups in total. The maximum Gasteiger partial charge on any atom is 0.242 e. The normalized spacial score (nSPS) is 12.0. The van der Waals surface area contributed by atoms with E-state index < -0.39 is 6.04 Å². The van der Waals surface area contributed by atoms with Crippen molar-refractivity contribution in [3.8, 4) is 0 Å². The highest BCUT2D eigenvalue weighted by Crippen LogP contribution is 2.16. The molecule has 4 nitrogen and oxygen atoms in total. The first-order chi connectivity index (χ1) is 13.2. The van der Waals surface area contributed by atoms with E-state index >= 15 is 0 Å². The van der Waals surface area contributed by atoms with Crippen molar-refractivity contribution in [1.29, 1.82) is 0 Å². The molecule has 0 fully saturated rings. The van der Waals surface area contributed by atoms with Gasteiger partial charge in [-0.25, -0.2) is 0 Å². The molecular weight excluding hydrogens is 348 g/mol. The van der Waals surface area contributed by atoms with Crippen LogP contribution in [0, 0.1) is 20.8 Å². The summed E-state index contributed by atoms with van der Waals surface area (Å²) >= 11 is 0. The fraction of sp³-hybridized carbons (Fsp3) is 0.417. The van der Waals surface area contributed by atoms with Crippen LogP contribution in [0.25, 0.3) is 0 Å². The quantitative estimate of drug-likeness (QED) is 0.786. The molecule has 2 amide bonds. The Morgan fingerprint density at radius 1 is 0.964 bits per heavy atom. The van der Waals surface area contributed by atoms with Gasteiger partial charge in [0, 0.05) is 12.6 Å². The average molecular weight is 381 g/mol. The van der Waals surface area contributed by atoms with Crippen LogP contribution in [0.4, 0.5) is 0 Å². The van der Waals surface area contributed by atoms with Crippen molar-refractivity contribution in [3.63, 3.8) is 0 Å². The minimum atomic E-state index is -0.541. The monoisotopic (exact) mass is 380 g/mol. The molecule has 0 aliphatic rings. The molecule has 2 rings (SSSR count). The molecule has 2 aromatic rings. The van der Waals surface area contributed by atoms with Gasteiger partial charge in [0.1, 0.15) is 6.04 Å². The number of nitrogens with zero attached hydrogens (tertiary/aromatic N) is 1. The van der Waals surface area contributed by atoms with Gasteiger partial charge >= 0.3 is 0 Å². The summed E-state index contributed by atoms with van der Waals surface area (Å²) in [6.07, 6.45) is 0.285. The van der Waals surface area contributed by atoms with Crippen LogP contribution in [-0.2, 0) is 22.6 Å². The summed E-state index contributed by atoms with van der Waals surface area (Å²) in [5.41, 5.74) is 5.43. The summed E-state index contributed by atoms with van der Waals surface area (Å²) in [5.74, 6) is -0.169. The van der Waals surface area contributed by atoms with Gasteiger partial charge in [-0.2, -0.15) is 0 Å².